The molecule has 5 rings (SSSR count). The van der Waals surface area contributed by atoms with E-state index in [1.165, 1.54) is 0 Å². The first-order valence-electron chi connectivity index (χ1n) is 15.6. The summed E-state index contributed by atoms with van der Waals surface area (Å²) < 4.78 is 0. The normalized spacial score (nSPS) is 16.6. The third-order valence-electron chi connectivity index (χ3n) is 8.26. The summed E-state index contributed by atoms with van der Waals surface area (Å²) >= 11 is 0. The summed E-state index contributed by atoms with van der Waals surface area (Å²) in [5.41, 5.74) is 8.32. The standard InChI is InChI=1S/C34H38N6O6/c1-20(17-29(42)38-23-11-9-22(35)10-12-23)31(43)37-16-5-3-2-4-15-36-24-18-21-7-6-8-25-30(21)26(19-24)34(46)40(33(25)45)27-13-14-28(41)39-32(27)44/h6-12,18-20,27,36H,2-5,13-17,35H2,1H3,(H,37,43)(H,38,42)(H,39,41,44). The number of hydrogen-bond acceptors (Lipinski definition) is 8. The van der Waals surface area contributed by atoms with E-state index in [2.05, 4.69) is 21.3 Å². The Labute approximate surface area is 266 Å². The van der Waals surface area contributed by atoms with Crippen LogP contribution in [0.25, 0.3) is 10.8 Å². The average molecular weight is 627 g/mol. The maximum absolute atomic E-state index is 13.6. The molecular formula is C34H38N6O6. The molecule has 0 aromatic heterocycles. The van der Waals surface area contributed by atoms with Gasteiger partial charge in [-0.2, -0.15) is 0 Å². The Bertz CT molecular complexity index is 1690. The molecule has 2 heterocycles. The van der Waals surface area contributed by atoms with Crippen molar-refractivity contribution in [2.24, 2.45) is 5.92 Å². The molecule has 0 aliphatic carbocycles. The quantitative estimate of drug-likeness (QED) is 0.108. The number of carbonyl (C=O) groups is 6. The Morgan fingerprint density at radius 1 is 0.913 bits per heavy atom. The summed E-state index contributed by atoms with van der Waals surface area (Å²) in [5.74, 6) is -3.00. The number of imide groups is 2. The Balaban J connectivity index is 1.06. The van der Waals surface area contributed by atoms with Gasteiger partial charge in [-0.25, -0.2) is 0 Å². The highest BCUT2D eigenvalue weighted by atomic mass is 16.2. The summed E-state index contributed by atoms with van der Waals surface area (Å²) in [5, 5.41) is 12.6. The monoisotopic (exact) mass is 626 g/mol. The van der Waals surface area contributed by atoms with Crippen LogP contribution in [0.3, 0.4) is 0 Å². The van der Waals surface area contributed by atoms with Crippen LogP contribution >= 0.6 is 0 Å². The second-order valence-electron chi connectivity index (χ2n) is 11.8. The van der Waals surface area contributed by atoms with Crippen molar-refractivity contribution in [1.29, 1.82) is 0 Å². The van der Waals surface area contributed by atoms with Crippen molar-refractivity contribution in [2.45, 2.75) is 57.9 Å². The molecule has 3 aromatic rings. The number of nitrogens with one attached hydrogen (secondary N) is 4. The maximum Gasteiger partial charge on any atom is 0.262 e. The van der Waals surface area contributed by atoms with Gasteiger partial charge < -0.3 is 21.7 Å². The number of hydrogen-bond donors (Lipinski definition) is 5. The first kappa shape index (κ1) is 32.1. The Morgan fingerprint density at radius 3 is 2.37 bits per heavy atom. The molecule has 1 saturated heterocycles. The number of unbranched alkanes of at least 4 members (excludes halogenated alkanes) is 3. The molecule has 6 N–H and O–H groups in total. The van der Waals surface area contributed by atoms with Crippen molar-refractivity contribution >= 4 is 63.3 Å². The minimum Gasteiger partial charge on any atom is -0.399 e. The lowest BCUT2D eigenvalue weighted by Gasteiger charge is -2.34. The van der Waals surface area contributed by atoms with Crippen LogP contribution in [0.5, 0.6) is 0 Å². The topological polar surface area (TPSA) is 180 Å². The number of amides is 6. The molecule has 2 atom stereocenters. The molecule has 0 radical (unpaired) electrons. The van der Waals surface area contributed by atoms with Crippen molar-refractivity contribution < 1.29 is 28.8 Å². The van der Waals surface area contributed by atoms with E-state index >= 15 is 0 Å². The molecular weight excluding hydrogens is 588 g/mol. The molecule has 2 unspecified atom stereocenters. The zero-order valence-corrected chi connectivity index (χ0v) is 25.7. The van der Waals surface area contributed by atoms with Crippen molar-refractivity contribution in [2.75, 3.05) is 29.5 Å². The van der Waals surface area contributed by atoms with Crippen LogP contribution in [0, 0.1) is 5.92 Å². The highest BCUT2D eigenvalue weighted by Gasteiger charge is 2.42. The van der Waals surface area contributed by atoms with Gasteiger partial charge in [0.1, 0.15) is 6.04 Å². The lowest BCUT2D eigenvalue weighted by Crippen LogP contribution is -2.57. The van der Waals surface area contributed by atoms with Crippen molar-refractivity contribution in [1.82, 2.24) is 15.5 Å². The van der Waals surface area contributed by atoms with E-state index in [9.17, 15) is 28.8 Å². The van der Waals surface area contributed by atoms with Gasteiger partial charge in [0.05, 0.1) is 5.56 Å². The number of nitrogens with two attached hydrogens (primary N) is 1. The molecule has 0 saturated carbocycles. The second kappa shape index (κ2) is 14.2. The number of nitrogens with zero attached hydrogens (tertiary/aromatic N) is 1. The largest absolute Gasteiger partial charge is 0.399 e. The number of rotatable bonds is 13. The number of benzene rings is 3. The smallest absolute Gasteiger partial charge is 0.262 e. The Kier molecular flexibility index (Phi) is 9.94. The van der Waals surface area contributed by atoms with Gasteiger partial charge >= 0.3 is 0 Å². The van der Waals surface area contributed by atoms with Crippen LogP contribution in [0.2, 0.25) is 0 Å². The summed E-state index contributed by atoms with van der Waals surface area (Å²) in [6, 6.07) is 14.6. The molecule has 6 amide bonds. The summed E-state index contributed by atoms with van der Waals surface area (Å²) in [6.07, 6.45) is 3.72. The van der Waals surface area contributed by atoms with E-state index in [1.54, 1.807) is 49.4 Å². The third-order valence-corrected chi connectivity index (χ3v) is 8.26. The molecule has 46 heavy (non-hydrogen) atoms. The van der Waals surface area contributed by atoms with E-state index in [0.29, 0.717) is 41.0 Å². The van der Waals surface area contributed by atoms with Gasteiger partial charge in [-0.3, -0.25) is 39.0 Å². The van der Waals surface area contributed by atoms with Crippen molar-refractivity contribution in [3.8, 4) is 0 Å². The highest BCUT2D eigenvalue weighted by molar-refractivity contribution is 6.27. The number of anilines is 3. The first-order valence-corrected chi connectivity index (χ1v) is 15.6. The fourth-order valence-electron chi connectivity index (χ4n) is 5.81. The molecule has 1 fully saturated rings. The van der Waals surface area contributed by atoms with E-state index in [4.69, 9.17) is 5.73 Å². The van der Waals surface area contributed by atoms with E-state index in [1.807, 2.05) is 12.1 Å². The van der Waals surface area contributed by atoms with Crippen LogP contribution in [-0.2, 0) is 19.2 Å². The van der Waals surface area contributed by atoms with E-state index < -0.39 is 35.6 Å². The lowest BCUT2D eigenvalue weighted by atomic mass is 9.91. The Hall–Kier alpha value is -5.26. The fourth-order valence-corrected chi connectivity index (χ4v) is 5.81. The van der Waals surface area contributed by atoms with Gasteiger partial charge in [0.2, 0.25) is 23.6 Å². The number of nitrogen functional groups attached to an aromatic ring is 1. The summed E-state index contributed by atoms with van der Waals surface area (Å²) in [7, 11) is 0. The van der Waals surface area contributed by atoms with Crippen LogP contribution in [0.4, 0.5) is 17.1 Å². The molecule has 12 nitrogen and oxygen atoms in total. The van der Waals surface area contributed by atoms with Gasteiger partial charge in [-0.15, -0.1) is 0 Å². The van der Waals surface area contributed by atoms with Gasteiger partial charge in [0, 0.05) is 59.9 Å². The number of carbonyl (C=O) groups excluding carboxylic acids is 6. The second-order valence-corrected chi connectivity index (χ2v) is 11.8. The summed E-state index contributed by atoms with van der Waals surface area (Å²) in [4.78, 5) is 76.7. The van der Waals surface area contributed by atoms with Crippen LogP contribution in [-0.4, -0.2) is 59.5 Å². The fraction of sp³-hybridized carbons (Fsp3) is 0.353. The van der Waals surface area contributed by atoms with Gasteiger partial charge in [-0.05, 0) is 67.1 Å². The minimum atomic E-state index is -1.04. The first-order chi connectivity index (χ1) is 22.1. The van der Waals surface area contributed by atoms with Gasteiger partial charge in [0.25, 0.3) is 11.8 Å². The minimum absolute atomic E-state index is 0.0579. The molecule has 0 bridgehead atoms. The van der Waals surface area contributed by atoms with E-state index in [-0.39, 0.29) is 31.1 Å². The molecule has 12 heteroatoms. The molecule has 2 aliphatic heterocycles. The molecule has 0 spiro atoms. The Morgan fingerprint density at radius 2 is 1.63 bits per heavy atom. The van der Waals surface area contributed by atoms with Crippen LogP contribution < -0.4 is 27.0 Å². The van der Waals surface area contributed by atoms with E-state index in [0.717, 1.165) is 41.7 Å². The summed E-state index contributed by atoms with van der Waals surface area (Å²) in [6.45, 7) is 2.90. The zero-order valence-electron chi connectivity index (χ0n) is 25.7. The van der Waals surface area contributed by atoms with Crippen LogP contribution in [0.15, 0.2) is 54.6 Å². The highest BCUT2D eigenvalue weighted by Crippen LogP contribution is 2.34. The van der Waals surface area contributed by atoms with Crippen molar-refractivity contribution in [3.05, 3.63) is 65.7 Å². The predicted octanol–water partition coefficient (Wildman–Crippen LogP) is 3.58. The SMILES string of the molecule is CC(CC(=O)Nc1ccc(N)cc1)C(=O)NCCCCCCNc1cc2c3c(cccc3c1)C(=O)N(C1CCC(=O)NC1=O)C2=O. The van der Waals surface area contributed by atoms with Crippen molar-refractivity contribution in [3.63, 3.8) is 0 Å². The van der Waals surface area contributed by atoms with Gasteiger partial charge in [0.15, 0.2) is 0 Å². The van der Waals surface area contributed by atoms with Gasteiger partial charge in [-0.1, -0.05) is 31.9 Å². The molecule has 2 aliphatic rings. The molecule has 240 valence electrons. The van der Waals surface area contributed by atoms with Crippen LogP contribution in [0.1, 0.15) is 72.6 Å². The maximum atomic E-state index is 13.6. The molecule has 3 aromatic carbocycles. The lowest BCUT2D eigenvalue weighted by molar-refractivity contribution is -0.136. The third kappa shape index (κ3) is 7.33. The zero-order chi connectivity index (χ0) is 32.8. The predicted molar refractivity (Wildman–Crippen MR) is 174 cm³/mol. The number of piperidine rings is 1. The average Bonchev–Trinajstić information content (AvgIpc) is 3.02.